The summed E-state index contributed by atoms with van der Waals surface area (Å²) in [5, 5.41) is 10.6. The molecule has 0 spiro atoms. The van der Waals surface area contributed by atoms with Gasteiger partial charge in [-0.3, -0.25) is 4.68 Å². The van der Waals surface area contributed by atoms with Crippen LogP contribution in [0.4, 0.5) is 4.79 Å². The molecular formula is C16H19ClN4O2. The van der Waals surface area contributed by atoms with E-state index in [1.807, 2.05) is 26.1 Å². The third-order valence-corrected chi connectivity index (χ3v) is 4.41. The van der Waals surface area contributed by atoms with Crippen LogP contribution in [-0.4, -0.2) is 22.4 Å². The lowest BCUT2D eigenvalue weighted by Crippen LogP contribution is -2.39. The van der Waals surface area contributed by atoms with E-state index in [4.69, 9.17) is 16.3 Å². The fourth-order valence-corrected chi connectivity index (χ4v) is 2.88. The van der Waals surface area contributed by atoms with Crippen LogP contribution < -0.4 is 15.4 Å². The Bertz CT molecular complexity index is 729. The third-order valence-electron chi connectivity index (χ3n) is 4.11. The van der Waals surface area contributed by atoms with Gasteiger partial charge in [0, 0.05) is 36.8 Å². The van der Waals surface area contributed by atoms with Gasteiger partial charge in [-0.25, -0.2) is 4.79 Å². The Morgan fingerprint density at radius 1 is 1.52 bits per heavy atom. The van der Waals surface area contributed by atoms with Crippen molar-refractivity contribution >= 4 is 17.6 Å². The van der Waals surface area contributed by atoms with Gasteiger partial charge in [-0.2, -0.15) is 5.10 Å². The Morgan fingerprint density at radius 3 is 3.09 bits per heavy atom. The summed E-state index contributed by atoms with van der Waals surface area (Å²) in [7, 11) is 1.88. The molecule has 122 valence electrons. The fraction of sp³-hybridized carbons (Fsp3) is 0.375. The monoisotopic (exact) mass is 334 g/mol. The quantitative estimate of drug-likeness (QED) is 0.906. The molecule has 0 saturated heterocycles. The third kappa shape index (κ3) is 3.27. The van der Waals surface area contributed by atoms with Crippen LogP contribution in [0.15, 0.2) is 24.4 Å². The number of rotatable bonds is 3. The number of carbonyl (C=O) groups excluding carboxylic acids is 1. The summed E-state index contributed by atoms with van der Waals surface area (Å²) >= 11 is 6.14. The Kier molecular flexibility index (Phi) is 4.43. The summed E-state index contributed by atoms with van der Waals surface area (Å²) in [6.07, 6.45) is 2.48. The van der Waals surface area contributed by atoms with Crippen molar-refractivity contribution in [3.8, 4) is 5.75 Å². The minimum absolute atomic E-state index is 0.104. The zero-order chi connectivity index (χ0) is 16.4. The number of aryl methyl sites for hydroxylation is 1. The van der Waals surface area contributed by atoms with Crippen molar-refractivity contribution in [1.82, 2.24) is 20.4 Å². The Balaban J connectivity index is 1.63. The van der Waals surface area contributed by atoms with Crippen molar-refractivity contribution < 1.29 is 9.53 Å². The molecule has 0 radical (unpaired) electrons. The zero-order valence-electron chi connectivity index (χ0n) is 13.1. The molecule has 23 heavy (non-hydrogen) atoms. The van der Waals surface area contributed by atoms with Crippen LogP contribution in [-0.2, 0) is 13.6 Å². The number of nitrogens with zero attached hydrogens (tertiary/aromatic N) is 2. The summed E-state index contributed by atoms with van der Waals surface area (Å²) in [6, 6.07) is 5.25. The second-order valence-corrected chi connectivity index (χ2v) is 5.96. The van der Waals surface area contributed by atoms with Crippen LogP contribution in [0.5, 0.6) is 5.75 Å². The second kappa shape index (κ2) is 6.50. The van der Waals surface area contributed by atoms with Gasteiger partial charge < -0.3 is 15.4 Å². The highest BCUT2D eigenvalue weighted by atomic mass is 35.5. The molecule has 2 aromatic rings. The molecule has 1 aromatic carbocycles. The van der Waals surface area contributed by atoms with E-state index in [1.54, 1.807) is 16.9 Å². The molecule has 7 heteroatoms. The van der Waals surface area contributed by atoms with E-state index >= 15 is 0 Å². The summed E-state index contributed by atoms with van der Waals surface area (Å²) in [5.41, 5.74) is 2.95. The number of benzene rings is 1. The minimum Gasteiger partial charge on any atom is -0.492 e. The van der Waals surface area contributed by atoms with Crippen molar-refractivity contribution in [3.05, 3.63) is 46.2 Å². The van der Waals surface area contributed by atoms with Crippen LogP contribution in [0.3, 0.4) is 0 Å². The summed E-state index contributed by atoms with van der Waals surface area (Å²) in [6.45, 7) is 2.94. The van der Waals surface area contributed by atoms with Gasteiger partial charge in [0.1, 0.15) is 5.75 Å². The van der Waals surface area contributed by atoms with Crippen LogP contribution in [0.2, 0.25) is 5.02 Å². The average Bonchev–Trinajstić information content (AvgIpc) is 2.86. The summed E-state index contributed by atoms with van der Waals surface area (Å²) in [4.78, 5) is 12.2. The number of amides is 2. The number of urea groups is 1. The average molecular weight is 335 g/mol. The maximum atomic E-state index is 12.2. The normalized spacial score (nSPS) is 16.4. The van der Waals surface area contributed by atoms with Crippen LogP contribution in [0, 0.1) is 6.92 Å². The molecule has 1 unspecified atom stereocenters. The predicted molar refractivity (Wildman–Crippen MR) is 87.6 cm³/mol. The standard InChI is InChI=1S/C16H19ClN4O2/c1-10-11(9-19-21(10)2)8-18-16(22)20-14-6-7-23-15-12(14)4-3-5-13(15)17/h3-5,9,14H,6-8H2,1-2H3,(H2,18,20,22). The van der Waals surface area contributed by atoms with Crippen molar-refractivity contribution in [2.75, 3.05) is 6.61 Å². The first-order valence-electron chi connectivity index (χ1n) is 7.49. The van der Waals surface area contributed by atoms with E-state index in [0.29, 0.717) is 30.3 Å². The van der Waals surface area contributed by atoms with Gasteiger partial charge in [-0.05, 0) is 13.0 Å². The molecular weight excluding hydrogens is 316 g/mol. The Labute approximate surface area is 139 Å². The number of fused-ring (bicyclic) bond motifs is 1. The van der Waals surface area contributed by atoms with E-state index in [1.165, 1.54) is 0 Å². The molecule has 3 rings (SSSR count). The summed E-state index contributed by atoms with van der Waals surface area (Å²) in [5.74, 6) is 0.661. The van der Waals surface area contributed by atoms with Crippen molar-refractivity contribution in [2.45, 2.75) is 25.9 Å². The Morgan fingerprint density at radius 2 is 2.35 bits per heavy atom. The number of halogens is 1. The SMILES string of the molecule is Cc1c(CNC(=O)NC2CCOc3c(Cl)cccc32)cnn1C. The molecule has 1 atom stereocenters. The van der Waals surface area contributed by atoms with Gasteiger partial charge in [0.05, 0.1) is 23.9 Å². The molecule has 0 bridgehead atoms. The number of hydrogen-bond acceptors (Lipinski definition) is 3. The molecule has 0 saturated carbocycles. The van der Waals surface area contributed by atoms with E-state index in [9.17, 15) is 4.79 Å². The lowest BCUT2D eigenvalue weighted by molar-refractivity contribution is 0.223. The van der Waals surface area contributed by atoms with Gasteiger partial charge in [0.2, 0.25) is 0 Å². The second-order valence-electron chi connectivity index (χ2n) is 5.55. The van der Waals surface area contributed by atoms with Gasteiger partial charge >= 0.3 is 6.03 Å². The smallest absolute Gasteiger partial charge is 0.315 e. The van der Waals surface area contributed by atoms with Crippen molar-refractivity contribution in [2.24, 2.45) is 7.05 Å². The Hall–Kier alpha value is -2.21. The fourth-order valence-electron chi connectivity index (χ4n) is 2.64. The predicted octanol–water partition coefficient (Wildman–Crippen LogP) is 2.70. The highest BCUT2D eigenvalue weighted by molar-refractivity contribution is 6.32. The van der Waals surface area contributed by atoms with E-state index in [2.05, 4.69) is 15.7 Å². The number of para-hydroxylation sites is 1. The number of ether oxygens (including phenoxy) is 1. The molecule has 1 aromatic heterocycles. The highest BCUT2D eigenvalue weighted by Crippen LogP contribution is 2.37. The van der Waals surface area contributed by atoms with Crippen LogP contribution in [0.1, 0.15) is 29.3 Å². The largest absolute Gasteiger partial charge is 0.492 e. The maximum absolute atomic E-state index is 12.2. The van der Waals surface area contributed by atoms with Crippen LogP contribution in [0.25, 0.3) is 0 Å². The molecule has 2 heterocycles. The minimum atomic E-state index is -0.217. The lowest BCUT2D eigenvalue weighted by atomic mass is 10.0. The number of carbonyl (C=O) groups is 1. The van der Waals surface area contributed by atoms with E-state index < -0.39 is 0 Å². The summed E-state index contributed by atoms with van der Waals surface area (Å²) < 4.78 is 7.38. The van der Waals surface area contributed by atoms with Crippen molar-refractivity contribution in [3.63, 3.8) is 0 Å². The first-order chi connectivity index (χ1) is 11.1. The molecule has 2 N–H and O–H groups in total. The zero-order valence-corrected chi connectivity index (χ0v) is 13.9. The topological polar surface area (TPSA) is 68.2 Å². The van der Waals surface area contributed by atoms with Crippen molar-refractivity contribution in [1.29, 1.82) is 0 Å². The first-order valence-corrected chi connectivity index (χ1v) is 7.87. The van der Waals surface area contributed by atoms with Crippen LogP contribution >= 0.6 is 11.6 Å². The van der Waals surface area contributed by atoms with Gasteiger partial charge in [0.15, 0.2) is 0 Å². The lowest BCUT2D eigenvalue weighted by Gasteiger charge is -2.27. The molecule has 6 nitrogen and oxygen atoms in total. The number of aromatic nitrogens is 2. The maximum Gasteiger partial charge on any atom is 0.315 e. The molecule has 0 aliphatic carbocycles. The number of hydrogen-bond donors (Lipinski definition) is 2. The molecule has 1 aliphatic rings. The molecule has 1 aliphatic heterocycles. The molecule has 2 amide bonds. The highest BCUT2D eigenvalue weighted by Gasteiger charge is 2.24. The van der Waals surface area contributed by atoms with Gasteiger partial charge in [-0.1, -0.05) is 23.7 Å². The van der Waals surface area contributed by atoms with Gasteiger partial charge in [0.25, 0.3) is 0 Å². The van der Waals surface area contributed by atoms with Gasteiger partial charge in [-0.15, -0.1) is 0 Å². The number of nitrogens with one attached hydrogen (secondary N) is 2. The molecule has 0 fully saturated rings. The van der Waals surface area contributed by atoms with E-state index in [-0.39, 0.29) is 12.1 Å². The first kappa shape index (κ1) is 15.7. The van der Waals surface area contributed by atoms with E-state index in [0.717, 1.165) is 16.8 Å².